The first-order valence-corrected chi connectivity index (χ1v) is 9.56. The van der Waals surface area contributed by atoms with Crippen LogP contribution in [0.1, 0.15) is 31.1 Å². The Labute approximate surface area is 142 Å². The van der Waals surface area contributed by atoms with Gasteiger partial charge in [-0.2, -0.15) is 0 Å². The van der Waals surface area contributed by atoms with Crippen LogP contribution < -0.4 is 0 Å². The summed E-state index contributed by atoms with van der Waals surface area (Å²) in [5.41, 5.74) is -1.58. The number of ketones is 3. The number of aliphatic hydroxyl groups is 1. The van der Waals surface area contributed by atoms with Crippen LogP contribution in [-0.4, -0.2) is 45.8 Å². The van der Waals surface area contributed by atoms with E-state index in [4.69, 9.17) is 0 Å². The number of benzene rings is 2. The average molecular weight is 341 g/mol. The van der Waals surface area contributed by atoms with Crippen LogP contribution in [-0.2, 0) is 10.9 Å². The highest BCUT2D eigenvalue weighted by molar-refractivity contribution is 7.97. The van der Waals surface area contributed by atoms with Crippen LogP contribution in [0.15, 0.2) is 54.6 Å². The molecule has 3 rings (SSSR count). The molecule has 1 atom stereocenters. The second-order valence-electron chi connectivity index (χ2n) is 5.96. The SMILES string of the molecule is C[S+](C)C(C(=O)c1ccccc1)C1(O)C(=O)c2ccccc2C1=O. The number of fused-ring (bicyclic) bond motifs is 1. The van der Waals surface area contributed by atoms with E-state index in [-0.39, 0.29) is 16.9 Å². The minimum atomic E-state index is -2.33. The van der Waals surface area contributed by atoms with E-state index >= 15 is 0 Å². The van der Waals surface area contributed by atoms with Crippen molar-refractivity contribution in [2.45, 2.75) is 10.9 Å². The van der Waals surface area contributed by atoms with Crippen LogP contribution in [0.4, 0.5) is 0 Å². The lowest BCUT2D eigenvalue weighted by atomic mass is 9.88. The van der Waals surface area contributed by atoms with E-state index in [1.165, 1.54) is 12.1 Å². The number of Topliss-reactive ketones (excluding diaryl/α,β-unsaturated/α-hetero) is 3. The molecule has 0 aliphatic heterocycles. The van der Waals surface area contributed by atoms with Crippen molar-refractivity contribution >= 4 is 28.2 Å². The molecular weight excluding hydrogens is 324 g/mol. The Morgan fingerprint density at radius 2 is 1.38 bits per heavy atom. The Bertz CT molecular complexity index is 791. The molecule has 0 amide bonds. The highest BCUT2D eigenvalue weighted by Crippen LogP contribution is 2.36. The van der Waals surface area contributed by atoms with Gasteiger partial charge in [-0.05, 0) is 10.9 Å². The topological polar surface area (TPSA) is 71.4 Å². The molecule has 2 aromatic rings. The monoisotopic (exact) mass is 341 g/mol. The molecule has 0 bridgehead atoms. The standard InChI is InChI=1S/C19H17O4S/c1-24(2)18(15(20)12-8-4-3-5-9-12)19(23)16(21)13-10-6-7-11-14(13)17(19)22/h3-11,18,23H,1-2H3/q+1. The van der Waals surface area contributed by atoms with Crippen molar-refractivity contribution in [2.75, 3.05) is 12.5 Å². The van der Waals surface area contributed by atoms with E-state index in [1.54, 1.807) is 55.0 Å². The average Bonchev–Trinajstić information content (AvgIpc) is 2.78. The Kier molecular flexibility index (Phi) is 4.15. The first kappa shape index (κ1) is 16.6. The maximum Gasteiger partial charge on any atom is 0.246 e. The maximum atomic E-state index is 13.0. The van der Waals surface area contributed by atoms with Crippen LogP contribution in [0.2, 0.25) is 0 Å². The molecule has 1 aliphatic rings. The van der Waals surface area contributed by atoms with Gasteiger partial charge < -0.3 is 5.11 Å². The lowest BCUT2D eigenvalue weighted by Gasteiger charge is -2.25. The molecule has 5 heteroatoms. The summed E-state index contributed by atoms with van der Waals surface area (Å²) in [6.45, 7) is 0. The fourth-order valence-corrected chi connectivity index (χ4v) is 4.59. The third kappa shape index (κ3) is 2.32. The zero-order valence-corrected chi connectivity index (χ0v) is 14.2. The second-order valence-corrected chi connectivity index (χ2v) is 8.19. The van der Waals surface area contributed by atoms with Gasteiger partial charge in [-0.25, -0.2) is 0 Å². The molecule has 0 fully saturated rings. The minimum absolute atomic E-state index is 0.182. The van der Waals surface area contributed by atoms with Gasteiger partial charge >= 0.3 is 0 Å². The van der Waals surface area contributed by atoms with Crippen LogP contribution in [0.5, 0.6) is 0 Å². The predicted octanol–water partition coefficient (Wildman–Crippen LogP) is 1.93. The van der Waals surface area contributed by atoms with Gasteiger partial charge in [0, 0.05) is 16.7 Å². The van der Waals surface area contributed by atoms with Crippen molar-refractivity contribution in [1.82, 2.24) is 0 Å². The highest BCUT2D eigenvalue weighted by Gasteiger charge is 2.64. The number of carbonyl (C=O) groups is 3. The van der Waals surface area contributed by atoms with Gasteiger partial charge in [0.15, 0.2) is 0 Å². The minimum Gasteiger partial charge on any atom is -0.370 e. The van der Waals surface area contributed by atoms with Crippen LogP contribution in [0.3, 0.4) is 0 Å². The zero-order chi connectivity index (χ0) is 17.5. The lowest BCUT2D eigenvalue weighted by Crippen LogP contribution is -2.58. The molecule has 0 spiro atoms. The molecule has 24 heavy (non-hydrogen) atoms. The van der Waals surface area contributed by atoms with Gasteiger partial charge in [-0.1, -0.05) is 54.6 Å². The van der Waals surface area contributed by atoms with Gasteiger partial charge in [-0.15, -0.1) is 0 Å². The fourth-order valence-electron chi connectivity index (χ4n) is 3.13. The molecular formula is C19H17O4S+. The predicted molar refractivity (Wildman–Crippen MR) is 93.8 cm³/mol. The highest BCUT2D eigenvalue weighted by atomic mass is 32.2. The number of hydrogen-bond acceptors (Lipinski definition) is 4. The molecule has 0 saturated carbocycles. The lowest BCUT2D eigenvalue weighted by molar-refractivity contribution is 0.0313. The van der Waals surface area contributed by atoms with E-state index < -0.39 is 33.3 Å². The second kappa shape index (κ2) is 6.00. The van der Waals surface area contributed by atoms with Crippen LogP contribution in [0, 0.1) is 0 Å². The van der Waals surface area contributed by atoms with Crippen molar-refractivity contribution in [3.63, 3.8) is 0 Å². The Hall–Kier alpha value is -2.24. The third-order valence-corrected chi connectivity index (χ3v) is 5.75. The van der Waals surface area contributed by atoms with E-state index in [2.05, 4.69) is 0 Å². The van der Waals surface area contributed by atoms with Gasteiger partial charge in [0.2, 0.25) is 28.2 Å². The summed E-state index contributed by atoms with van der Waals surface area (Å²) in [4.78, 5) is 38.5. The summed E-state index contributed by atoms with van der Waals surface area (Å²) in [6, 6.07) is 14.8. The summed E-state index contributed by atoms with van der Waals surface area (Å²) in [6.07, 6.45) is 3.51. The van der Waals surface area contributed by atoms with Gasteiger partial charge in [0.05, 0.1) is 12.5 Å². The van der Waals surface area contributed by atoms with E-state index in [0.717, 1.165) is 0 Å². The van der Waals surface area contributed by atoms with E-state index in [1.807, 2.05) is 0 Å². The quantitative estimate of drug-likeness (QED) is 0.524. The Morgan fingerprint density at radius 3 is 1.83 bits per heavy atom. The van der Waals surface area contributed by atoms with E-state index in [9.17, 15) is 19.5 Å². The summed E-state index contributed by atoms with van der Waals surface area (Å²) in [5.74, 6) is -1.75. The summed E-state index contributed by atoms with van der Waals surface area (Å²) >= 11 is 0. The normalized spacial score (nSPS) is 17.0. The first-order valence-electron chi connectivity index (χ1n) is 7.45. The molecule has 4 nitrogen and oxygen atoms in total. The summed E-state index contributed by atoms with van der Waals surface area (Å²) in [5, 5.41) is 9.99. The summed E-state index contributed by atoms with van der Waals surface area (Å²) in [7, 11) is -0.684. The molecule has 0 aromatic heterocycles. The smallest absolute Gasteiger partial charge is 0.246 e. The Morgan fingerprint density at radius 1 is 0.917 bits per heavy atom. The first-order chi connectivity index (χ1) is 11.4. The molecule has 0 radical (unpaired) electrons. The van der Waals surface area contributed by atoms with Crippen LogP contribution >= 0.6 is 0 Å². The van der Waals surface area contributed by atoms with Gasteiger partial charge in [0.25, 0.3) is 0 Å². The molecule has 2 aromatic carbocycles. The molecule has 0 saturated heterocycles. The van der Waals surface area contributed by atoms with Gasteiger partial charge in [-0.3, -0.25) is 14.4 Å². The molecule has 1 N–H and O–H groups in total. The Balaban J connectivity index is 2.12. The van der Waals surface area contributed by atoms with Crippen molar-refractivity contribution < 1.29 is 19.5 Å². The molecule has 1 unspecified atom stereocenters. The third-order valence-electron chi connectivity index (χ3n) is 4.26. The van der Waals surface area contributed by atoms with Crippen molar-refractivity contribution in [3.05, 3.63) is 71.3 Å². The molecule has 122 valence electrons. The van der Waals surface area contributed by atoms with Crippen molar-refractivity contribution in [3.8, 4) is 0 Å². The van der Waals surface area contributed by atoms with Gasteiger partial charge in [0.1, 0.15) is 0 Å². The molecule has 1 aliphatic carbocycles. The largest absolute Gasteiger partial charge is 0.370 e. The maximum absolute atomic E-state index is 13.0. The number of hydrogen-bond donors (Lipinski definition) is 1. The molecule has 0 heterocycles. The van der Waals surface area contributed by atoms with E-state index in [0.29, 0.717) is 5.56 Å². The fraction of sp³-hybridized carbons (Fsp3) is 0.211. The van der Waals surface area contributed by atoms with Crippen LogP contribution in [0.25, 0.3) is 0 Å². The summed E-state index contributed by atoms with van der Waals surface area (Å²) < 4.78 is 0. The van der Waals surface area contributed by atoms with Crippen molar-refractivity contribution in [2.24, 2.45) is 0 Å². The number of carbonyl (C=O) groups excluding carboxylic acids is 3. The zero-order valence-electron chi connectivity index (χ0n) is 13.4. The number of rotatable bonds is 4. The van der Waals surface area contributed by atoms with Crippen molar-refractivity contribution in [1.29, 1.82) is 0 Å².